The van der Waals surface area contributed by atoms with E-state index in [4.69, 9.17) is 9.47 Å². The van der Waals surface area contributed by atoms with Gasteiger partial charge < -0.3 is 19.7 Å². The maximum atomic E-state index is 12.6. The minimum Gasteiger partial charge on any atom is -0.494 e. The number of ether oxygens (including phenoxy) is 2. The van der Waals surface area contributed by atoms with Crippen LogP contribution in [-0.2, 0) is 11.3 Å². The lowest BCUT2D eigenvalue weighted by molar-refractivity contribution is 0.0946. The van der Waals surface area contributed by atoms with Crippen molar-refractivity contribution in [2.45, 2.75) is 26.3 Å². The van der Waals surface area contributed by atoms with Crippen molar-refractivity contribution in [3.8, 4) is 16.3 Å². The van der Waals surface area contributed by atoms with Gasteiger partial charge in [-0.3, -0.25) is 4.79 Å². The number of pyridine rings is 1. The molecule has 2 aromatic heterocycles. The van der Waals surface area contributed by atoms with Gasteiger partial charge in [-0.25, -0.2) is 9.97 Å². The third-order valence-corrected chi connectivity index (χ3v) is 6.10. The summed E-state index contributed by atoms with van der Waals surface area (Å²) in [4.78, 5) is 23.8. The lowest BCUT2D eigenvalue weighted by Gasteiger charge is -2.27. The first kappa shape index (κ1) is 22.2. The molecular weight excluding hydrogens is 424 g/mol. The van der Waals surface area contributed by atoms with Gasteiger partial charge in [-0.2, -0.15) is 0 Å². The molecule has 3 heterocycles. The molecule has 4 rings (SSSR count). The molecule has 0 radical (unpaired) electrons. The molecule has 7 nitrogen and oxygen atoms in total. The SMILES string of the molecule is CCCCOc1ccc(CNC(=O)c2csc(-c3ccnc(N4CCOCC4)c3)n2)cc1. The fourth-order valence-electron chi connectivity index (χ4n) is 3.34. The van der Waals surface area contributed by atoms with Crippen LogP contribution in [0.1, 0.15) is 35.8 Å². The van der Waals surface area contributed by atoms with Crippen LogP contribution < -0.4 is 15.0 Å². The molecule has 1 aliphatic rings. The van der Waals surface area contributed by atoms with E-state index in [1.54, 1.807) is 11.6 Å². The molecule has 0 spiro atoms. The van der Waals surface area contributed by atoms with Gasteiger partial charge in [0.2, 0.25) is 0 Å². The van der Waals surface area contributed by atoms with Crippen LogP contribution in [0.5, 0.6) is 5.75 Å². The van der Waals surface area contributed by atoms with E-state index in [2.05, 4.69) is 27.1 Å². The maximum absolute atomic E-state index is 12.6. The largest absolute Gasteiger partial charge is 0.494 e. The number of amides is 1. The molecule has 1 aliphatic heterocycles. The highest BCUT2D eigenvalue weighted by atomic mass is 32.1. The van der Waals surface area contributed by atoms with E-state index in [1.165, 1.54) is 11.3 Å². The zero-order chi connectivity index (χ0) is 22.2. The first-order valence-corrected chi connectivity index (χ1v) is 11.9. The molecule has 0 aliphatic carbocycles. The third kappa shape index (κ3) is 5.83. The summed E-state index contributed by atoms with van der Waals surface area (Å²) in [7, 11) is 0. The Kier molecular flexibility index (Phi) is 7.68. The Morgan fingerprint density at radius 3 is 2.81 bits per heavy atom. The molecular formula is C24H28N4O3S. The fraction of sp³-hybridized carbons (Fsp3) is 0.375. The average molecular weight is 453 g/mol. The van der Waals surface area contributed by atoms with E-state index in [9.17, 15) is 4.79 Å². The van der Waals surface area contributed by atoms with E-state index in [0.717, 1.165) is 60.2 Å². The van der Waals surface area contributed by atoms with Crippen LogP contribution in [0, 0.1) is 0 Å². The maximum Gasteiger partial charge on any atom is 0.271 e. The number of nitrogens with zero attached hydrogens (tertiary/aromatic N) is 3. The number of hydrogen-bond donors (Lipinski definition) is 1. The molecule has 0 saturated carbocycles. The number of morpholine rings is 1. The lowest BCUT2D eigenvalue weighted by atomic mass is 10.2. The first-order chi connectivity index (χ1) is 15.7. The van der Waals surface area contributed by atoms with Crippen molar-refractivity contribution in [3.63, 3.8) is 0 Å². The third-order valence-electron chi connectivity index (χ3n) is 5.21. The van der Waals surface area contributed by atoms with Crippen molar-refractivity contribution in [3.05, 3.63) is 59.2 Å². The van der Waals surface area contributed by atoms with Crippen LogP contribution >= 0.6 is 11.3 Å². The molecule has 1 fully saturated rings. The Labute approximate surface area is 192 Å². The second-order valence-corrected chi connectivity index (χ2v) is 8.43. The average Bonchev–Trinajstić information content (AvgIpc) is 3.35. The lowest BCUT2D eigenvalue weighted by Crippen LogP contribution is -2.36. The highest BCUT2D eigenvalue weighted by Crippen LogP contribution is 2.26. The van der Waals surface area contributed by atoms with Crippen molar-refractivity contribution in [1.29, 1.82) is 0 Å². The second kappa shape index (κ2) is 11.1. The highest BCUT2D eigenvalue weighted by molar-refractivity contribution is 7.13. The summed E-state index contributed by atoms with van der Waals surface area (Å²) in [6.45, 7) is 6.38. The highest BCUT2D eigenvalue weighted by Gasteiger charge is 2.15. The molecule has 8 heteroatoms. The molecule has 3 aromatic rings. The van der Waals surface area contributed by atoms with Crippen LogP contribution in [0.4, 0.5) is 5.82 Å². The molecule has 1 N–H and O–H groups in total. The van der Waals surface area contributed by atoms with Crippen molar-refractivity contribution in [2.24, 2.45) is 0 Å². The van der Waals surface area contributed by atoms with E-state index in [1.807, 2.05) is 36.4 Å². The molecule has 0 atom stereocenters. The molecule has 1 amide bonds. The summed E-state index contributed by atoms with van der Waals surface area (Å²) in [5.41, 5.74) is 2.40. The van der Waals surface area contributed by atoms with Gasteiger partial charge in [0.1, 0.15) is 22.3 Å². The van der Waals surface area contributed by atoms with Gasteiger partial charge in [0.05, 0.1) is 19.8 Å². The van der Waals surface area contributed by atoms with Crippen LogP contribution in [-0.4, -0.2) is 48.8 Å². The number of aromatic nitrogens is 2. The van der Waals surface area contributed by atoms with Gasteiger partial charge in [-0.1, -0.05) is 25.5 Å². The minimum atomic E-state index is -0.182. The molecule has 168 valence electrons. The summed E-state index contributed by atoms with van der Waals surface area (Å²) in [5, 5.41) is 5.55. The van der Waals surface area contributed by atoms with Gasteiger partial charge in [-0.05, 0) is 36.2 Å². The summed E-state index contributed by atoms with van der Waals surface area (Å²) >= 11 is 1.46. The molecule has 1 saturated heterocycles. The number of unbranched alkanes of at least 4 members (excludes halogenated alkanes) is 1. The van der Waals surface area contributed by atoms with Gasteiger partial charge in [0, 0.05) is 36.8 Å². The molecule has 0 bridgehead atoms. The number of thiazole rings is 1. The summed E-state index contributed by atoms with van der Waals surface area (Å²) in [5.74, 6) is 1.58. The van der Waals surface area contributed by atoms with Crippen LogP contribution in [0.25, 0.3) is 10.6 Å². The van der Waals surface area contributed by atoms with Crippen molar-refractivity contribution < 1.29 is 14.3 Å². The van der Waals surface area contributed by atoms with Crippen molar-refractivity contribution in [2.75, 3.05) is 37.8 Å². The number of rotatable bonds is 9. The van der Waals surface area contributed by atoms with Gasteiger partial charge >= 0.3 is 0 Å². The Balaban J connectivity index is 1.34. The fourth-order valence-corrected chi connectivity index (χ4v) is 4.14. The van der Waals surface area contributed by atoms with Crippen LogP contribution in [0.3, 0.4) is 0 Å². The number of carbonyl (C=O) groups excluding carboxylic acids is 1. The second-order valence-electron chi connectivity index (χ2n) is 7.57. The Morgan fingerprint density at radius 2 is 2.03 bits per heavy atom. The molecule has 1 aromatic carbocycles. The Morgan fingerprint density at radius 1 is 1.22 bits per heavy atom. The van der Waals surface area contributed by atoms with Crippen LogP contribution in [0.15, 0.2) is 48.0 Å². The van der Waals surface area contributed by atoms with E-state index in [0.29, 0.717) is 25.5 Å². The first-order valence-electron chi connectivity index (χ1n) is 11.0. The minimum absolute atomic E-state index is 0.182. The number of carbonyl (C=O) groups is 1. The van der Waals surface area contributed by atoms with Gasteiger partial charge in [0.25, 0.3) is 5.91 Å². The van der Waals surface area contributed by atoms with Gasteiger partial charge in [-0.15, -0.1) is 11.3 Å². The van der Waals surface area contributed by atoms with Gasteiger partial charge in [0.15, 0.2) is 0 Å². The number of hydrogen-bond acceptors (Lipinski definition) is 7. The molecule has 0 unspecified atom stereocenters. The summed E-state index contributed by atoms with van der Waals surface area (Å²) < 4.78 is 11.1. The Bertz CT molecular complexity index is 1020. The summed E-state index contributed by atoms with van der Waals surface area (Å²) in [6, 6.07) is 11.8. The Hall–Kier alpha value is -2.97. The number of nitrogens with one attached hydrogen (secondary N) is 1. The smallest absolute Gasteiger partial charge is 0.271 e. The monoisotopic (exact) mass is 452 g/mol. The van der Waals surface area contributed by atoms with Crippen LogP contribution in [0.2, 0.25) is 0 Å². The predicted octanol–water partition coefficient (Wildman–Crippen LogP) is 4.15. The number of benzene rings is 1. The predicted molar refractivity (Wildman–Crippen MR) is 126 cm³/mol. The van der Waals surface area contributed by atoms with Crippen molar-refractivity contribution >= 4 is 23.1 Å². The van der Waals surface area contributed by atoms with E-state index < -0.39 is 0 Å². The summed E-state index contributed by atoms with van der Waals surface area (Å²) in [6.07, 6.45) is 3.94. The quantitative estimate of drug-likeness (QED) is 0.492. The van der Waals surface area contributed by atoms with E-state index >= 15 is 0 Å². The van der Waals surface area contributed by atoms with E-state index in [-0.39, 0.29) is 5.91 Å². The number of anilines is 1. The zero-order valence-electron chi connectivity index (χ0n) is 18.3. The zero-order valence-corrected chi connectivity index (χ0v) is 19.1. The molecule has 32 heavy (non-hydrogen) atoms. The normalized spacial score (nSPS) is 13.7. The van der Waals surface area contributed by atoms with Crippen molar-refractivity contribution in [1.82, 2.24) is 15.3 Å². The topological polar surface area (TPSA) is 76.6 Å². The standard InChI is InChI=1S/C24H28N4O3S/c1-2-3-12-31-20-6-4-18(5-7-20)16-26-23(29)21-17-32-24(27-21)19-8-9-25-22(15-19)28-10-13-30-14-11-28/h4-9,15,17H,2-3,10-14,16H2,1H3,(H,26,29).